The van der Waals surface area contributed by atoms with Gasteiger partial charge < -0.3 is 25.4 Å². The molecule has 2 aromatic carbocycles. The molecule has 3 atom stereocenters. The second-order valence-corrected chi connectivity index (χ2v) is 12.1. The van der Waals surface area contributed by atoms with Crippen molar-refractivity contribution in [1.29, 1.82) is 0 Å². The van der Waals surface area contributed by atoms with Crippen LogP contribution in [-0.4, -0.2) is 59.1 Å². The van der Waals surface area contributed by atoms with Crippen molar-refractivity contribution in [2.24, 2.45) is 11.1 Å². The molecule has 5 rings (SSSR count). The van der Waals surface area contributed by atoms with Crippen LogP contribution in [0.5, 0.6) is 5.75 Å². The number of nitrogens with one attached hydrogen (secondary N) is 1. The van der Waals surface area contributed by atoms with Crippen LogP contribution in [0.3, 0.4) is 0 Å². The fourth-order valence-electron chi connectivity index (χ4n) is 5.61. The van der Waals surface area contributed by atoms with Crippen LogP contribution in [0.25, 0.3) is 28.2 Å². The van der Waals surface area contributed by atoms with E-state index in [9.17, 15) is 14.4 Å². The summed E-state index contributed by atoms with van der Waals surface area (Å²) in [6.45, 7) is 6.52. The third-order valence-corrected chi connectivity index (χ3v) is 8.18. The summed E-state index contributed by atoms with van der Waals surface area (Å²) in [7, 11) is 0. The minimum Gasteiger partial charge on any atom is -0.488 e. The molecule has 2 aliphatic heterocycles. The number of carbonyl (C=O) groups excluding carboxylic acids is 3. The Balaban J connectivity index is 1.58. The van der Waals surface area contributed by atoms with Crippen LogP contribution in [0, 0.1) is 5.41 Å². The minimum atomic E-state index is -0.859. The Bertz CT molecular complexity index is 1520. The number of carbonyl (C=O) groups is 3. The van der Waals surface area contributed by atoms with Crippen LogP contribution in [0.15, 0.2) is 60.7 Å². The Morgan fingerprint density at radius 2 is 1.93 bits per heavy atom. The number of unbranched alkanes of at least 4 members (excludes halogenated alkanes) is 1. The smallest absolute Gasteiger partial charge is 0.407 e. The van der Waals surface area contributed by atoms with Gasteiger partial charge in [0.25, 0.3) is 0 Å². The number of allylic oxidation sites excluding steroid dienone is 1. The number of pyridine rings is 1. The quantitative estimate of drug-likeness (QED) is 0.410. The Morgan fingerprint density at radius 3 is 2.67 bits per heavy atom. The van der Waals surface area contributed by atoms with Crippen molar-refractivity contribution >= 4 is 34.9 Å². The molecule has 9 heteroatoms. The number of ether oxygens (including phenoxy) is 2. The third-order valence-electron chi connectivity index (χ3n) is 8.18. The van der Waals surface area contributed by atoms with Gasteiger partial charge in [-0.1, -0.05) is 82.2 Å². The Hall–Kier alpha value is -4.40. The number of fused-ring (bicyclic) bond motifs is 3. The summed E-state index contributed by atoms with van der Waals surface area (Å²) in [6, 6.07) is 16.1. The van der Waals surface area contributed by atoms with Crippen molar-refractivity contribution in [2.45, 2.75) is 71.1 Å². The van der Waals surface area contributed by atoms with E-state index in [-0.39, 0.29) is 30.9 Å². The number of nitrogens with zero attached hydrogens (tertiary/aromatic N) is 2. The first-order chi connectivity index (χ1) is 20.6. The summed E-state index contributed by atoms with van der Waals surface area (Å²) < 4.78 is 12.1. The van der Waals surface area contributed by atoms with Gasteiger partial charge in [-0.25, -0.2) is 9.78 Å². The molecule has 0 saturated carbocycles. The van der Waals surface area contributed by atoms with Crippen LogP contribution in [-0.2, 0) is 14.3 Å². The molecule has 0 unspecified atom stereocenters. The van der Waals surface area contributed by atoms with E-state index >= 15 is 0 Å². The standard InChI is InChI=1S/C34H40N4O5/c1-4-5-11-27-32(40)38-21-24(19-29(38)31(35)39)43-30-20-28(23-9-7-6-8-10-23)36-26-13-12-22(18-25(26)30)14-15-34(2,3)16-17-42-33(41)37-27/h6-10,12-15,18,20,24,27,29H,4-5,11,16-17,19,21H2,1-3H3,(H2,35,39)(H,37,41)/b15-14+/t24-,27+,29+/m1/s1. The van der Waals surface area contributed by atoms with Gasteiger partial charge in [0.2, 0.25) is 11.8 Å². The molecule has 1 saturated heterocycles. The van der Waals surface area contributed by atoms with Crippen LogP contribution < -0.4 is 15.8 Å². The number of hydrogen-bond donors (Lipinski definition) is 2. The molecule has 0 radical (unpaired) electrons. The average Bonchev–Trinajstić information content (AvgIpc) is 3.42. The van der Waals surface area contributed by atoms with Crippen LogP contribution in [0.2, 0.25) is 0 Å². The van der Waals surface area contributed by atoms with E-state index in [1.807, 2.05) is 61.5 Å². The average molecular weight is 585 g/mol. The number of benzene rings is 2. The van der Waals surface area contributed by atoms with Crippen molar-refractivity contribution in [1.82, 2.24) is 15.2 Å². The van der Waals surface area contributed by atoms with E-state index in [2.05, 4.69) is 31.3 Å². The highest BCUT2D eigenvalue weighted by Crippen LogP contribution is 2.34. The summed E-state index contributed by atoms with van der Waals surface area (Å²) in [4.78, 5) is 45.5. The molecule has 0 spiro atoms. The lowest BCUT2D eigenvalue weighted by Gasteiger charge is -2.27. The fourth-order valence-corrected chi connectivity index (χ4v) is 5.61. The first kappa shape index (κ1) is 30.1. The largest absolute Gasteiger partial charge is 0.488 e. The zero-order chi connectivity index (χ0) is 30.6. The number of amides is 3. The van der Waals surface area contributed by atoms with Crippen LogP contribution in [0.4, 0.5) is 4.79 Å². The van der Waals surface area contributed by atoms with Gasteiger partial charge in [0.15, 0.2) is 0 Å². The van der Waals surface area contributed by atoms with Gasteiger partial charge in [-0.3, -0.25) is 9.59 Å². The second kappa shape index (κ2) is 12.9. The van der Waals surface area contributed by atoms with Gasteiger partial charge >= 0.3 is 6.09 Å². The molecule has 4 bridgehead atoms. The number of aromatic nitrogens is 1. The van der Waals surface area contributed by atoms with Gasteiger partial charge in [-0.15, -0.1) is 0 Å². The topological polar surface area (TPSA) is 124 Å². The van der Waals surface area contributed by atoms with Crippen molar-refractivity contribution in [2.75, 3.05) is 13.2 Å². The van der Waals surface area contributed by atoms with E-state index in [0.717, 1.165) is 40.6 Å². The first-order valence-corrected chi connectivity index (χ1v) is 15.0. The predicted molar refractivity (Wildman–Crippen MR) is 166 cm³/mol. The summed E-state index contributed by atoms with van der Waals surface area (Å²) >= 11 is 0. The highest BCUT2D eigenvalue weighted by Gasteiger charge is 2.42. The van der Waals surface area contributed by atoms with E-state index in [0.29, 0.717) is 18.6 Å². The number of primary amides is 1. The van der Waals surface area contributed by atoms with Gasteiger partial charge in [-0.05, 0) is 36.0 Å². The van der Waals surface area contributed by atoms with Gasteiger partial charge in [0.1, 0.15) is 23.9 Å². The van der Waals surface area contributed by atoms with Crippen LogP contribution >= 0.6 is 0 Å². The van der Waals surface area contributed by atoms with Gasteiger partial charge in [-0.2, -0.15) is 0 Å². The number of rotatable bonds is 5. The highest BCUT2D eigenvalue weighted by molar-refractivity contribution is 5.92. The fraction of sp³-hybridized carbons (Fsp3) is 0.412. The molecule has 3 heterocycles. The molecule has 0 aliphatic carbocycles. The monoisotopic (exact) mass is 584 g/mol. The van der Waals surface area contributed by atoms with Gasteiger partial charge in [0, 0.05) is 23.4 Å². The summed E-state index contributed by atoms with van der Waals surface area (Å²) in [5, 5.41) is 3.58. The van der Waals surface area contributed by atoms with Crippen molar-refractivity contribution in [3.8, 4) is 17.0 Å². The lowest BCUT2D eigenvalue weighted by Crippen LogP contribution is -2.53. The second-order valence-electron chi connectivity index (χ2n) is 12.1. The maximum atomic E-state index is 13.8. The molecule has 3 N–H and O–H groups in total. The van der Waals surface area contributed by atoms with E-state index in [1.165, 1.54) is 4.90 Å². The lowest BCUT2D eigenvalue weighted by atomic mass is 9.88. The molecule has 43 heavy (non-hydrogen) atoms. The SMILES string of the molecule is CCCC[C@@H]1NC(=O)OCCC(C)(C)/C=C/c2ccc3nc(-c4ccccc4)cc(c3c2)O[C@@H]2C[C@@H](C(N)=O)N(C2)C1=O. The molecule has 1 fully saturated rings. The Labute approximate surface area is 252 Å². The number of hydrogen-bond acceptors (Lipinski definition) is 6. The Kier molecular flexibility index (Phi) is 8.99. The van der Waals surface area contributed by atoms with Crippen molar-refractivity contribution in [3.63, 3.8) is 0 Å². The number of alkyl carbamates (subject to hydrolysis) is 1. The molecule has 3 amide bonds. The molecular weight excluding hydrogens is 544 g/mol. The summed E-state index contributed by atoms with van der Waals surface area (Å²) in [6.07, 6.45) is 5.82. The predicted octanol–water partition coefficient (Wildman–Crippen LogP) is 5.46. The molecule has 2 aliphatic rings. The molecule has 3 aromatic rings. The summed E-state index contributed by atoms with van der Waals surface area (Å²) in [5.41, 5.74) is 8.98. The van der Waals surface area contributed by atoms with E-state index in [1.54, 1.807) is 0 Å². The molecule has 9 nitrogen and oxygen atoms in total. The molecular formula is C34H40N4O5. The highest BCUT2D eigenvalue weighted by atomic mass is 16.5. The Morgan fingerprint density at radius 1 is 1.14 bits per heavy atom. The maximum absolute atomic E-state index is 13.8. The zero-order valence-corrected chi connectivity index (χ0v) is 25.0. The van der Waals surface area contributed by atoms with Crippen molar-refractivity contribution in [3.05, 3.63) is 66.2 Å². The van der Waals surface area contributed by atoms with Crippen LogP contribution in [0.1, 0.15) is 58.4 Å². The number of cyclic esters (lactones) is 1. The number of nitrogens with two attached hydrogens (primary N) is 1. The molecule has 226 valence electrons. The van der Waals surface area contributed by atoms with E-state index in [4.69, 9.17) is 20.2 Å². The first-order valence-electron chi connectivity index (χ1n) is 15.0. The zero-order valence-electron chi connectivity index (χ0n) is 25.0. The third kappa shape index (κ3) is 7.16. The minimum absolute atomic E-state index is 0.157. The summed E-state index contributed by atoms with van der Waals surface area (Å²) in [5.74, 6) is -0.357. The molecule has 1 aromatic heterocycles. The maximum Gasteiger partial charge on any atom is 0.407 e. The van der Waals surface area contributed by atoms with Crippen molar-refractivity contribution < 1.29 is 23.9 Å². The normalized spacial score (nSPS) is 23.1. The van der Waals surface area contributed by atoms with Gasteiger partial charge in [0.05, 0.1) is 24.4 Å². The lowest BCUT2D eigenvalue weighted by molar-refractivity contribution is -0.139. The van der Waals surface area contributed by atoms with E-state index < -0.39 is 30.2 Å².